The fraction of sp³-hybridized carbons (Fsp3) is 0.692. The van der Waals surface area contributed by atoms with Gasteiger partial charge in [-0.15, -0.1) is 0 Å². The van der Waals surface area contributed by atoms with Gasteiger partial charge >= 0.3 is 0 Å². The fourth-order valence-corrected chi connectivity index (χ4v) is 3.69. The van der Waals surface area contributed by atoms with Crippen molar-refractivity contribution in [3.05, 3.63) is 18.2 Å². The van der Waals surface area contributed by atoms with Gasteiger partial charge in [-0.1, -0.05) is 13.3 Å². The molecule has 0 saturated heterocycles. The highest BCUT2D eigenvalue weighted by molar-refractivity contribution is 7.99. The third-order valence-corrected chi connectivity index (χ3v) is 4.73. The van der Waals surface area contributed by atoms with Crippen molar-refractivity contribution in [2.45, 2.75) is 44.0 Å². The van der Waals surface area contributed by atoms with E-state index in [1.165, 1.54) is 12.8 Å². The molecule has 0 bridgehead atoms. The van der Waals surface area contributed by atoms with Crippen LogP contribution in [0.5, 0.6) is 0 Å². The highest BCUT2D eigenvalue weighted by Crippen LogP contribution is 2.29. The van der Waals surface area contributed by atoms with E-state index in [1.54, 1.807) is 12.5 Å². The van der Waals surface area contributed by atoms with Crippen LogP contribution in [0.1, 0.15) is 36.7 Å². The maximum Gasteiger partial charge on any atom is 0.271 e. The van der Waals surface area contributed by atoms with Gasteiger partial charge in [0.15, 0.2) is 0 Å². The van der Waals surface area contributed by atoms with Crippen LogP contribution >= 0.6 is 11.8 Å². The minimum Gasteiger partial charge on any atom is -0.347 e. The molecule has 1 saturated carbocycles. The lowest BCUT2D eigenvalue weighted by Gasteiger charge is -2.19. The van der Waals surface area contributed by atoms with Crippen LogP contribution in [0.3, 0.4) is 0 Å². The zero-order chi connectivity index (χ0) is 13.7. The summed E-state index contributed by atoms with van der Waals surface area (Å²) in [5.41, 5.74) is 5.96. The van der Waals surface area contributed by atoms with Crippen LogP contribution in [-0.4, -0.2) is 39.0 Å². The minimum atomic E-state index is -0.0654. The molecule has 1 aliphatic carbocycles. The number of hydrogen-bond acceptors (Lipinski definition) is 4. The average Bonchev–Trinajstić information content (AvgIpc) is 3.01. The summed E-state index contributed by atoms with van der Waals surface area (Å²) in [7, 11) is 0. The summed E-state index contributed by atoms with van der Waals surface area (Å²) in [6, 6.07) is 0.289. The molecule has 0 aliphatic heterocycles. The summed E-state index contributed by atoms with van der Waals surface area (Å²) in [5, 5.41) is 3.67. The number of imidazole rings is 1. The van der Waals surface area contributed by atoms with Crippen molar-refractivity contribution in [3.63, 3.8) is 0 Å². The van der Waals surface area contributed by atoms with Crippen LogP contribution in [0.15, 0.2) is 12.5 Å². The molecule has 2 atom stereocenters. The van der Waals surface area contributed by atoms with Crippen molar-refractivity contribution >= 4 is 17.7 Å². The Morgan fingerprint density at radius 2 is 2.47 bits per heavy atom. The first kappa shape index (κ1) is 14.4. The maximum atomic E-state index is 12.1. The first-order chi connectivity index (χ1) is 9.24. The Hall–Kier alpha value is -1.01. The number of carbonyl (C=O) groups is 1. The Balaban J connectivity index is 1.92. The average molecular weight is 282 g/mol. The van der Waals surface area contributed by atoms with Gasteiger partial charge < -0.3 is 15.6 Å². The molecule has 106 valence electrons. The van der Waals surface area contributed by atoms with Gasteiger partial charge in [-0.25, -0.2) is 4.98 Å². The van der Waals surface area contributed by atoms with E-state index >= 15 is 0 Å². The topological polar surface area (TPSA) is 72.9 Å². The van der Waals surface area contributed by atoms with Crippen molar-refractivity contribution in [2.24, 2.45) is 5.73 Å². The van der Waals surface area contributed by atoms with Gasteiger partial charge in [0.1, 0.15) is 5.69 Å². The molecule has 0 aromatic carbocycles. The molecule has 0 radical (unpaired) electrons. The lowest BCUT2D eigenvalue weighted by molar-refractivity contribution is 0.0934. The molecule has 1 aromatic rings. The first-order valence-electron chi connectivity index (χ1n) is 6.89. The van der Waals surface area contributed by atoms with Crippen molar-refractivity contribution in [1.82, 2.24) is 14.9 Å². The van der Waals surface area contributed by atoms with Crippen molar-refractivity contribution in [3.8, 4) is 0 Å². The molecule has 1 amide bonds. The van der Waals surface area contributed by atoms with Gasteiger partial charge in [-0.3, -0.25) is 4.79 Å². The second-order valence-electron chi connectivity index (χ2n) is 4.79. The molecular formula is C13H22N4OS. The third-order valence-electron chi connectivity index (χ3n) is 3.40. The molecule has 19 heavy (non-hydrogen) atoms. The van der Waals surface area contributed by atoms with E-state index < -0.39 is 0 Å². The van der Waals surface area contributed by atoms with Crippen molar-refractivity contribution in [2.75, 3.05) is 12.3 Å². The quantitative estimate of drug-likeness (QED) is 0.823. The van der Waals surface area contributed by atoms with E-state index in [9.17, 15) is 4.79 Å². The lowest BCUT2D eigenvalue weighted by Crippen LogP contribution is -2.39. The Labute approximate surface area is 118 Å². The Morgan fingerprint density at radius 3 is 3.21 bits per heavy atom. The van der Waals surface area contributed by atoms with Gasteiger partial charge in [0.25, 0.3) is 5.91 Å². The molecule has 0 spiro atoms. The number of nitrogens with two attached hydrogens (primary N) is 1. The van der Waals surface area contributed by atoms with E-state index in [1.807, 2.05) is 16.3 Å². The second kappa shape index (κ2) is 6.96. The number of hydrogen-bond donors (Lipinski definition) is 2. The molecule has 6 heteroatoms. The van der Waals surface area contributed by atoms with Crippen LogP contribution in [0.25, 0.3) is 0 Å². The maximum absolute atomic E-state index is 12.1. The highest BCUT2D eigenvalue weighted by Gasteiger charge is 2.29. The highest BCUT2D eigenvalue weighted by atomic mass is 32.2. The summed E-state index contributed by atoms with van der Waals surface area (Å²) in [4.78, 5) is 16.3. The molecular weight excluding hydrogens is 260 g/mol. The van der Waals surface area contributed by atoms with Crippen LogP contribution < -0.4 is 11.1 Å². The van der Waals surface area contributed by atoms with E-state index in [0.29, 0.717) is 24.0 Å². The number of aromatic nitrogens is 2. The summed E-state index contributed by atoms with van der Waals surface area (Å²) in [6.45, 7) is 3.41. The number of thioether (sulfide) groups is 1. The molecule has 1 heterocycles. The number of rotatable bonds is 6. The van der Waals surface area contributed by atoms with Gasteiger partial charge in [0, 0.05) is 30.6 Å². The van der Waals surface area contributed by atoms with Gasteiger partial charge in [0.05, 0.1) is 6.33 Å². The number of nitrogens with zero attached hydrogens (tertiary/aromatic N) is 2. The predicted molar refractivity (Wildman–Crippen MR) is 78.3 cm³/mol. The van der Waals surface area contributed by atoms with Crippen LogP contribution in [-0.2, 0) is 6.54 Å². The van der Waals surface area contributed by atoms with Crippen LogP contribution in [0.4, 0.5) is 0 Å². The second-order valence-corrected chi connectivity index (χ2v) is 6.31. The molecule has 1 aromatic heterocycles. The SMILES string of the molecule is CCSC1CCCC1NC(=O)c1cn(CCN)cn1. The summed E-state index contributed by atoms with van der Waals surface area (Å²) >= 11 is 1.94. The van der Waals surface area contributed by atoms with Crippen LogP contribution in [0.2, 0.25) is 0 Å². The number of amides is 1. The minimum absolute atomic E-state index is 0.0654. The zero-order valence-corrected chi connectivity index (χ0v) is 12.2. The Bertz CT molecular complexity index is 421. The Morgan fingerprint density at radius 1 is 1.63 bits per heavy atom. The van der Waals surface area contributed by atoms with E-state index in [4.69, 9.17) is 5.73 Å². The molecule has 2 unspecified atom stereocenters. The molecule has 2 rings (SSSR count). The van der Waals surface area contributed by atoms with E-state index in [0.717, 1.165) is 12.2 Å². The lowest BCUT2D eigenvalue weighted by atomic mass is 10.2. The smallest absolute Gasteiger partial charge is 0.271 e. The zero-order valence-electron chi connectivity index (χ0n) is 11.3. The van der Waals surface area contributed by atoms with E-state index in [-0.39, 0.29) is 11.9 Å². The number of carbonyl (C=O) groups excluding carboxylic acids is 1. The van der Waals surface area contributed by atoms with Gasteiger partial charge in [-0.05, 0) is 18.6 Å². The van der Waals surface area contributed by atoms with Crippen molar-refractivity contribution < 1.29 is 4.79 Å². The van der Waals surface area contributed by atoms with Gasteiger partial charge in [0.2, 0.25) is 0 Å². The van der Waals surface area contributed by atoms with E-state index in [2.05, 4.69) is 17.2 Å². The van der Waals surface area contributed by atoms with Gasteiger partial charge in [-0.2, -0.15) is 11.8 Å². The molecule has 5 nitrogen and oxygen atoms in total. The predicted octanol–water partition coefficient (Wildman–Crippen LogP) is 1.25. The standard InChI is InChI=1S/C13H22N4OS/c1-2-19-12-5-3-4-10(12)16-13(18)11-8-17(7-6-14)9-15-11/h8-10,12H,2-7,14H2,1H3,(H,16,18). The number of nitrogens with one attached hydrogen (secondary N) is 1. The largest absolute Gasteiger partial charge is 0.347 e. The summed E-state index contributed by atoms with van der Waals surface area (Å²) in [6.07, 6.45) is 6.90. The molecule has 1 aliphatic rings. The summed E-state index contributed by atoms with van der Waals surface area (Å²) < 4.78 is 1.85. The third kappa shape index (κ3) is 3.73. The Kier molecular flexibility index (Phi) is 5.27. The van der Waals surface area contributed by atoms with Crippen molar-refractivity contribution in [1.29, 1.82) is 0 Å². The molecule has 1 fully saturated rings. The fourth-order valence-electron chi connectivity index (χ4n) is 2.50. The van der Waals surface area contributed by atoms with Crippen LogP contribution in [0, 0.1) is 0 Å². The first-order valence-corrected chi connectivity index (χ1v) is 7.93. The summed E-state index contributed by atoms with van der Waals surface area (Å²) in [5.74, 6) is 1.03. The molecule has 3 N–H and O–H groups in total. The normalized spacial score (nSPS) is 22.6. The monoisotopic (exact) mass is 282 g/mol.